The van der Waals surface area contributed by atoms with E-state index in [4.69, 9.17) is 4.74 Å². The van der Waals surface area contributed by atoms with Crippen LogP contribution in [0.15, 0.2) is 43.5 Å². The summed E-state index contributed by atoms with van der Waals surface area (Å²) in [7, 11) is 0. The van der Waals surface area contributed by atoms with E-state index in [1.54, 1.807) is 33.7 Å². The van der Waals surface area contributed by atoms with Crippen LogP contribution in [0.2, 0.25) is 0 Å². The molecular weight excluding hydrogens is 524 g/mol. The van der Waals surface area contributed by atoms with Gasteiger partial charge in [-0.25, -0.2) is 0 Å². The van der Waals surface area contributed by atoms with E-state index in [2.05, 4.69) is 20.1 Å². The summed E-state index contributed by atoms with van der Waals surface area (Å²) < 4.78 is 4.90. The third-order valence-corrected chi connectivity index (χ3v) is 11.1. The number of hydrogen-bond donors (Lipinski definition) is 1. The Morgan fingerprint density at radius 2 is 2.00 bits per heavy atom. The predicted molar refractivity (Wildman–Crippen MR) is 160 cm³/mol. The van der Waals surface area contributed by atoms with Crippen molar-refractivity contribution in [1.29, 1.82) is 0 Å². The van der Waals surface area contributed by atoms with E-state index in [0.29, 0.717) is 6.42 Å². The summed E-state index contributed by atoms with van der Waals surface area (Å²) in [6.07, 6.45) is 5.65. The number of amides is 2. The average molecular weight is 569 g/mol. The van der Waals surface area contributed by atoms with Crippen molar-refractivity contribution in [3.05, 3.63) is 54.6 Å². The normalized spacial score (nSPS) is 29.4. The highest BCUT2D eigenvalue weighted by Crippen LogP contribution is 2.69. The Labute approximate surface area is 243 Å². The Morgan fingerprint density at radius 3 is 2.62 bits per heavy atom. The first-order valence-corrected chi connectivity index (χ1v) is 15.3. The Balaban J connectivity index is 1.82. The molecule has 1 aromatic rings. The highest BCUT2D eigenvalue weighted by Gasteiger charge is 2.77. The fraction of sp³-hybridized carbons (Fsp3) is 0.594. The van der Waals surface area contributed by atoms with Crippen LogP contribution in [0.5, 0.6) is 0 Å². The number of carbonyl (C=O) groups excluding carboxylic acids is 3. The number of aliphatic hydroxyl groups excluding tert-OH is 1. The second kappa shape index (κ2) is 12.1. The highest BCUT2D eigenvalue weighted by atomic mass is 32.2. The van der Waals surface area contributed by atoms with Crippen molar-refractivity contribution in [2.24, 2.45) is 23.7 Å². The first-order chi connectivity index (χ1) is 19.0. The zero-order valence-corrected chi connectivity index (χ0v) is 25.3. The van der Waals surface area contributed by atoms with Gasteiger partial charge in [-0.15, -0.1) is 24.9 Å². The first kappa shape index (κ1) is 30.4. The van der Waals surface area contributed by atoms with Gasteiger partial charge in [0.15, 0.2) is 0 Å². The molecule has 2 bridgehead atoms. The second-order valence-corrected chi connectivity index (χ2v) is 13.5. The number of aliphatic hydroxyl groups is 1. The lowest BCUT2D eigenvalue weighted by atomic mass is 9.66. The fourth-order valence-corrected chi connectivity index (χ4v) is 9.47. The van der Waals surface area contributed by atoms with Crippen LogP contribution in [0.3, 0.4) is 0 Å². The van der Waals surface area contributed by atoms with Gasteiger partial charge < -0.3 is 19.6 Å². The minimum atomic E-state index is -0.826. The molecule has 3 aliphatic heterocycles. The van der Waals surface area contributed by atoms with E-state index in [1.165, 1.54) is 0 Å². The van der Waals surface area contributed by atoms with Crippen molar-refractivity contribution in [2.75, 3.05) is 24.7 Å². The molecule has 7 atom stereocenters. The summed E-state index contributed by atoms with van der Waals surface area (Å²) in [6.45, 7) is 17.9. The number of carbonyl (C=O) groups is 3. The Morgan fingerprint density at radius 1 is 1.27 bits per heavy atom. The molecule has 3 heterocycles. The molecule has 0 saturated carbocycles. The number of unbranched alkanes of at least 4 members (excludes halogenated alkanes) is 1. The Kier molecular flexibility index (Phi) is 9.20. The van der Waals surface area contributed by atoms with Gasteiger partial charge in [0.25, 0.3) is 5.91 Å². The van der Waals surface area contributed by atoms with Gasteiger partial charge >= 0.3 is 5.97 Å². The highest BCUT2D eigenvalue weighted by molar-refractivity contribution is 8.02. The van der Waals surface area contributed by atoms with Gasteiger partial charge in [-0.1, -0.05) is 45.1 Å². The summed E-state index contributed by atoms with van der Waals surface area (Å²) in [4.78, 5) is 46.2. The number of anilines is 1. The minimum Gasteiger partial charge on any atom is -0.465 e. The Hall–Kier alpha value is -2.58. The maximum absolute atomic E-state index is 14.9. The molecule has 1 N–H and O–H groups in total. The molecule has 3 unspecified atom stereocenters. The van der Waals surface area contributed by atoms with E-state index in [9.17, 15) is 19.5 Å². The molecule has 3 aliphatic rings. The molecule has 3 saturated heterocycles. The zero-order valence-electron chi connectivity index (χ0n) is 24.5. The number of nitrogens with zero attached hydrogens (tertiary/aromatic N) is 2. The van der Waals surface area contributed by atoms with Crippen LogP contribution in [0.4, 0.5) is 5.69 Å². The van der Waals surface area contributed by atoms with Gasteiger partial charge in [0, 0.05) is 17.5 Å². The number of ether oxygens (including phenoxy) is 1. The number of fused-ring (bicyclic) bond motifs is 1. The van der Waals surface area contributed by atoms with Gasteiger partial charge in [-0.2, -0.15) is 0 Å². The third-order valence-electron chi connectivity index (χ3n) is 9.03. The van der Waals surface area contributed by atoms with Crippen molar-refractivity contribution < 1.29 is 24.2 Å². The molecule has 40 heavy (non-hydrogen) atoms. The smallest absolute Gasteiger partial charge is 0.310 e. The van der Waals surface area contributed by atoms with E-state index in [-0.39, 0.29) is 54.6 Å². The van der Waals surface area contributed by atoms with E-state index < -0.39 is 28.7 Å². The SMILES string of the molecule is C=CCCCOC(=O)[C@@H]1[C@H]2C(=O)N([C@@H](CO)C(C)C)C(C(=O)N(CC=C)c3cc(C)ccc3C)C23S[C@@H]1CC3C. The van der Waals surface area contributed by atoms with Crippen LogP contribution in [-0.4, -0.2) is 69.6 Å². The lowest BCUT2D eigenvalue weighted by Crippen LogP contribution is -2.60. The van der Waals surface area contributed by atoms with E-state index in [1.807, 2.05) is 45.9 Å². The number of benzene rings is 1. The lowest BCUT2D eigenvalue weighted by Gasteiger charge is -2.43. The maximum atomic E-state index is 14.9. The minimum absolute atomic E-state index is 0.0240. The number of thioether (sulfide) groups is 1. The van der Waals surface area contributed by atoms with Crippen molar-refractivity contribution in [1.82, 2.24) is 4.90 Å². The topological polar surface area (TPSA) is 87.1 Å². The molecule has 7 nitrogen and oxygen atoms in total. The van der Waals surface area contributed by atoms with Crippen LogP contribution < -0.4 is 4.90 Å². The number of allylic oxidation sites excluding steroid dienone is 1. The third kappa shape index (κ3) is 4.91. The molecule has 2 amide bonds. The number of hydrogen-bond acceptors (Lipinski definition) is 6. The summed E-state index contributed by atoms with van der Waals surface area (Å²) in [5.41, 5.74) is 2.76. The molecular formula is C32H44N2O5S. The summed E-state index contributed by atoms with van der Waals surface area (Å²) in [5, 5.41) is 10.4. The number of esters is 1. The monoisotopic (exact) mass is 568 g/mol. The van der Waals surface area contributed by atoms with Gasteiger partial charge in [0.1, 0.15) is 6.04 Å². The molecule has 8 heteroatoms. The molecule has 0 radical (unpaired) electrons. The fourth-order valence-electron chi connectivity index (χ4n) is 7.08. The first-order valence-electron chi connectivity index (χ1n) is 14.4. The molecule has 218 valence electrons. The van der Waals surface area contributed by atoms with Gasteiger partial charge in [-0.05, 0) is 62.1 Å². The average Bonchev–Trinajstić information content (AvgIpc) is 3.50. The number of aryl methyl sites for hydroxylation is 2. The largest absolute Gasteiger partial charge is 0.465 e. The van der Waals surface area contributed by atoms with Crippen molar-refractivity contribution in [3.8, 4) is 0 Å². The van der Waals surface area contributed by atoms with Crippen LogP contribution in [0, 0.1) is 37.5 Å². The summed E-state index contributed by atoms with van der Waals surface area (Å²) in [6, 6.07) is 4.62. The predicted octanol–water partition coefficient (Wildman–Crippen LogP) is 4.69. The van der Waals surface area contributed by atoms with Crippen molar-refractivity contribution >= 4 is 35.2 Å². The number of rotatable bonds is 12. The maximum Gasteiger partial charge on any atom is 0.310 e. The number of likely N-dealkylation sites (tertiary alicyclic amines) is 1. The van der Waals surface area contributed by atoms with Crippen molar-refractivity contribution in [2.45, 2.75) is 76.0 Å². The van der Waals surface area contributed by atoms with Gasteiger partial charge in [-0.3, -0.25) is 14.4 Å². The van der Waals surface area contributed by atoms with Crippen LogP contribution >= 0.6 is 11.8 Å². The molecule has 1 spiro atoms. The van der Waals surface area contributed by atoms with Crippen LogP contribution in [0.25, 0.3) is 0 Å². The molecule has 0 aliphatic carbocycles. The van der Waals surface area contributed by atoms with Crippen LogP contribution in [0.1, 0.15) is 51.2 Å². The summed E-state index contributed by atoms with van der Waals surface area (Å²) >= 11 is 1.62. The van der Waals surface area contributed by atoms with Gasteiger partial charge in [0.05, 0.1) is 35.8 Å². The molecule has 0 aromatic heterocycles. The quantitative estimate of drug-likeness (QED) is 0.224. The second-order valence-electron chi connectivity index (χ2n) is 11.9. The van der Waals surface area contributed by atoms with Crippen LogP contribution in [-0.2, 0) is 19.1 Å². The Bertz CT molecular complexity index is 1170. The molecule has 3 fully saturated rings. The van der Waals surface area contributed by atoms with Crippen molar-refractivity contribution in [3.63, 3.8) is 0 Å². The standard InChI is InChI=1S/C32H44N2O5S/c1-8-10-11-15-39-31(38)26-25-17-22(7)32(40-25)27(26)29(36)34(24(18-35)19(3)4)28(32)30(37)33(14-9-2)23-16-20(5)12-13-21(23)6/h8-9,12-13,16,19,22,24-28,35H,1-2,10-11,14-15,17-18H2,3-7H3/t22?,24-,25+,26-,27-,28?,32?/m0/s1. The van der Waals surface area contributed by atoms with E-state index >= 15 is 0 Å². The van der Waals surface area contributed by atoms with Gasteiger partial charge in [0.2, 0.25) is 5.91 Å². The van der Waals surface area contributed by atoms with E-state index in [0.717, 1.165) is 29.7 Å². The lowest BCUT2D eigenvalue weighted by molar-refractivity contribution is -0.155. The summed E-state index contributed by atoms with van der Waals surface area (Å²) in [5.74, 6) is -2.12. The molecule has 4 rings (SSSR count). The molecule has 1 aromatic carbocycles. The zero-order chi connectivity index (χ0) is 29.4.